The van der Waals surface area contributed by atoms with Gasteiger partial charge in [-0.1, -0.05) is 41.9 Å². The van der Waals surface area contributed by atoms with Crippen LogP contribution in [0.15, 0.2) is 53.0 Å². The van der Waals surface area contributed by atoms with E-state index in [1.54, 1.807) is 7.11 Å². The highest BCUT2D eigenvalue weighted by Gasteiger charge is 2.44. The monoisotopic (exact) mass is 502 g/mol. The maximum absolute atomic E-state index is 13.0. The molecule has 0 N–H and O–H groups in total. The summed E-state index contributed by atoms with van der Waals surface area (Å²) in [6.45, 7) is 9.28. The smallest absolute Gasteiger partial charge is 0.316 e. The van der Waals surface area contributed by atoms with Gasteiger partial charge in [-0.25, -0.2) is 0 Å². The van der Waals surface area contributed by atoms with Crippen molar-refractivity contribution >= 4 is 27.6 Å². The molecule has 0 amide bonds. The van der Waals surface area contributed by atoms with E-state index in [-0.39, 0.29) is 11.9 Å². The van der Waals surface area contributed by atoms with E-state index in [9.17, 15) is 4.79 Å². The Kier molecular flexibility index (Phi) is 8.60. The third-order valence-electron chi connectivity index (χ3n) is 6.75. The Bertz CT molecular complexity index is 862. The fourth-order valence-corrected chi connectivity index (χ4v) is 5.02. The van der Waals surface area contributed by atoms with Gasteiger partial charge in [-0.05, 0) is 67.3 Å². The van der Waals surface area contributed by atoms with Crippen molar-refractivity contribution in [2.45, 2.75) is 32.1 Å². The van der Waals surface area contributed by atoms with Crippen LogP contribution >= 0.6 is 15.9 Å². The van der Waals surface area contributed by atoms with Crippen molar-refractivity contribution in [2.75, 3.05) is 51.8 Å². The molecule has 32 heavy (non-hydrogen) atoms. The van der Waals surface area contributed by atoms with Crippen LogP contribution in [0.4, 0.5) is 5.69 Å². The lowest BCUT2D eigenvalue weighted by molar-refractivity contribution is -0.150. The van der Waals surface area contributed by atoms with E-state index in [1.165, 1.54) is 12.8 Å². The molecule has 174 valence electrons. The number of esters is 1. The first-order chi connectivity index (χ1) is 15.4. The number of carbonyl (C=O) groups is 1. The minimum Gasteiger partial charge on any atom is -0.497 e. The molecular formula is C26H35BrN2O3. The van der Waals surface area contributed by atoms with E-state index in [0.717, 1.165) is 61.4 Å². The zero-order valence-corrected chi connectivity index (χ0v) is 21.2. The van der Waals surface area contributed by atoms with Gasteiger partial charge in [-0.3, -0.25) is 9.69 Å². The standard InChI is InChI=1S/C26H35BrN2O3/c1-20(2)26(25(30)32-4,21-6-8-22(27)9-7-21)14-5-15-28-16-18-29(19-17-28)23-10-12-24(31-3)13-11-23/h6-13,20H,5,14-19H2,1-4H3. The lowest BCUT2D eigenvalue weighted by Gasteiger charge is -2.38. The van der Waals surface area contributed by atoms with Crippen LogP contribution in [0.1, 0.15) is 32.3 Å². The van der Waals surface area contributed by atoms with E-state index in [1.807, 2.05) is 24.3 Å². The Morgan fingerprint density at radius 2 is 1.62 bits per heavy atom. The summed E-state index contributed by atoms with van der Waals surface area (Å²) in [7, 11) is 3.19. The van der Waals surface area contributed by atoms with Gasteiger partial charge in [0.05, 0.1) is 19.6 Å². The predicted molar refractivity (Wildman–Crippen MR) is 134 cm³/mol. The van der Waals surface area contributed by atoms with Gasteiger partial charge >= 0.3 is 5.97 Å². The second kappa shape index (κ2) is 11.2. The lowest BCUT2D eigenvalue weighted by atomic mass is 9.68. The van der Waals surface area contributed by atoms with Gasteiger partial charge < -0.3 is 14.4 Å². The van der Waals surface area contributed by atoms with Crippen LogP contribution in [0.25, 0.3) is 0 Å². The first-order valence-corrected chi connectivity index (χ1v) is 12.2. The Balaban J connectivity index is 1.60. The molecule has 1 fully saturated rings. The van der Waals surface area contributed by atoms with Gasteiger partial charge in [0.1, 0.15) is 5.75 Å². The molecule has 0 saturated carbocycles. The summed E-state index contributed by atoms with van der Waals surface area (Å²) < 4.78 is 11.6. The van der Waals surface area contributed by atoms with E-state index >= 15 is 0 Å². The van der Waals surface area contributed by atoms with Crippen LogP contribution in [0.5, 0.6) is 5.75 Å². The number of benzene rings is 2. The maximum atomic E-state index is 13.0. The average molecular weight is 503 g/mol. The highest BCUT2D eigenvalue weighted by Crippen LogP contribution is 2.39. The summed E-state index contributed by atoms with van der Waals surface area (Å²) in [5.41, 5.74) is 1.65. The predicted octanol–water partition coefficient (Wildman–Crippen LogP) is 5.13. The quantitative estimate of drug-likeness (QED) is 0.444. The van der Waals surface area contributed by atoms with Crippen molar-refractivity contribution in [1.29, 1.82) is 0 Å². The Morgan fingerprint density at radius 1 is 1.00 bits per heavy atom. The summed E-state index contributed by atoms with van der Waals surface area (Å²) in [6, 6.07) is 16.4. The second-order valence-electron chi connectivity index (χ2n) is 8.75. The highest BCUT2D eigenvalue weighted by atomic mass is 79.9. The van der Waals surface area contributed by atoms with Crippen LogP contribution in [-0.2, 0) is 14.9 Å². The fraction of sp³-hybridized carbons (Fsp3) is 0.500. The average Bonchev–Trinajstić information content (AvgIpc) is 2.82. The van der Waals surface area contributed by atoms with Gasteiger partial charge in [0.25, 0.3) is 0 Å². The Morgan fingerprint density at radius 3 is 2.16 bits per heavy atom. The first kappa shape index (κ1) is 24.6. The number of carbonyl (C=O) groups excluding carboxylic acids is 1. The molecule has 1 heterocycles. The van der Waals surface area contributed by atoms with Crippen molar-refractivity contribution in [3.8, 4) is 5.75 Å². The maximum Gasteiger partial charge on any atom is 0.316 e. The summed E-state index contributed by atoms with van der Waals surface area (Å²) in [6.07, 6.45) is 1.73. The third-order valence-corrected chi connectivity index (χ3v) is 7.28. The molecule has 5 nitrogen and oxygen atoms in total. The molecule has 6 heteroatoms. The number of methoxy groups -OCH3 is 2. The molecule has 3 rings (SSSR count). The summed E-state index contributed by atoms with van der Waals surface area (Å²) in [5, 5.41) is 0. The molecule has 1 aliphatic heterocycles. The number of piperazine rings is 1. The molecule has 0 aliphatic carbocycles. The number of hydrogen-bond donors (Lipinski definition) is 0. The summed E-state index contributed by atoms with van der Waals surface area (Å²) in [5.74, 6) is 0.889. The number of halogens is 1. The molecule has 1 aliphatic rings. The van der Waals surface area contributed by atoms with Crippen molar-refractivity contribution in [1.82, 2.24) is 4.90 Å². The lowest BCUT2D eigenvalue weighted by Crippen LogP contribution is -2.47. The number of anilines is 1. The van der Waals surface area contributed by atoms with Crippen molar-refractivity contribution in [3.05, 3.63) is 58.6 Å². The molecule has 2 aromatic rings. The summed E-state index contributed by atoms with van der Waals surface area (Å²) >= 11 is 3.50. The second-order valence-corrected chi connectivity index (χ2v) is 9.67. The minimum atomic E-state index is -0.625. The topological polar surface area (TPSA) is 42.0 Å². The Hall–Kier alpha value is -2.05. The summed E-state index contributed by atoms with van der Waals surface area (Å²) in [4.78, 5) is 18.0. The highest BCUT2D eigenvalue weighted by molar-refractivity contribution is 9.10. The molecule has 2 aromatic carbocycles. The van der Waals surface area contributed by atoms with Crippen LogP contribution in [0, 0.1) is 5.92 Å². The molecule has 1 atom stereocenters. The molecular weight excluding hydrogens is 468 g/mol. The molecule has 0 aromatic heterocycles. The number of hydrogen-bond acceptors (Lipinski definition) is 5. The van der Waals surface area contributed by atoms with Gasteiger partial charge in [0.15, 0.2) is 0 Å². The zero-order valence-electron chi connectivity index (χ0n) is 19.6. The number of rotatable bonds is 9. The van der Waals surface area contributed by atoms with Gasteiger partial charge in [0, 0.05) is 36.3 Å². The molecule has 0 radical (unpaired) electrons. The zero-order chi connectivity index (χ0) is 23.1. The molecule has 1 saturated heterocycles. The van der Waals surface area contributed by atoms with Crippen LogP contribution in [-0.4, -0.2) is 57.8 Å². The van der Waals surface area contributed by atoms with Gasteiger partial charge in [0.2, 0.25) is 0 Å². The Labute approximate surface area is 200 Å². The van der Waals surface area contributed by atoms with Crippen LogP contribution in [0.2, 0.25) is 0 Å². The largest absolute Gasteiger partial charge is 0.497 e. The van der Waals surface area contributed by atoms with E-state index in [4.69, 9.17) is 9.47 Å². The van der Waals surface area contributed by atoms with Crippen LogP contribution in [0.3, 0.4) is 0 Å². The van der Waals surface area contributed by atoms with Gasteiger partial charge in [-0.2, -0.15) is 0 Å². The normalized spacial score (nSPS) is 16.6. The molecule has 0 bridgehead atoms. The van der Waals surface area contributed by atoms with E-state index in [2.05, 4.69) is 63.8 Å². The molecule has 0 spiro atoms. The number of ether oxygens (including phenoxy) is 2. The van der Waals surface area contributed by atoms with Crippen molar-refractivity contribution in [3.63, 3.8) is 0 Å². The van der Waals surface area contributed by atoms with Gasteiger partial charge in [-0.15, -0.1) is 0 Å². The van der Waals surface area contributed by atoms with Crippen molar-refractivity contribution in [2.24, 2.45) is 5.92 Å². The minimum absolute atomic E-state index is 0.140. The molecule has 1 unspecified atom stereocenters. The van der Waals surface area contributed by atoms with Crippen molar-refractivity contribution < 1.29 is 14.3 Å². The number of nitrogens with zero attached hydrogens (tertiary/aromatic N) is 2. The first-order valence-electron chi connectivity index (χ1n) is 11.4. The van der Waals surface area contributed by atoms with E-state index in [0.29, 0.717) is 0 Å². The van der Waals surface area contributed by atoms with Crippen LogP contribution < -0.4 is 9.64 Å². The third kappa shape index (κ3) is 5.46. The fourth-order valence-electron chi connectivity index (χ4n) is 4.76. The SMILES string of the molecule is COC(=O)C(CCCN1CCN(c2ccc(OC)cc2)CC1)(c1ccc(Br)cc1)C(C)C. The van der Waals surface area contributed by atoms with E-state index < -0.39 is 5.41 Å².